The number of aliphatic hydroxyl groups excluding tert-OH is 3. The minimum atomic E-state index is -0.810. The number of aliphatic hydroxyl groups is 3. The fraction of sp³-hybridized carbons (Fsp3) is 1.00. The Kier molecular flexibility index (Phi) is 4.15. The molecule has 62 valence electrons. The van der Waals surface area contributed by atoms with Gasteiger partial charge in [0.1, 0.15) is 0 Å². The molecular weight excluding hydrogens is 158 g/mol. The lowest BCUT2D eigenvalue weighted by atomic mass is 10.1. The smallest absolute Gasteiger partial charge is 0.0986 e. The second-order valence-electron chi connectivity index (χ2n) is 2.26. The lowest BCUT2D eigenvalue weighted by Gasteiger charge is -2.11. The van der Waals surface area contributed by atoms with E-state index in [9.17, 15) is 0 Å². The van der Waals surface area contributed by atoms with Crippen molar-refractivity contribution < 1.29 is 15.3 Å². The van der Waals surface area contributed by atoms with Crippen molar-refractivity contribution >= 4 is 12.4 Å². The number of hydrogen-bond acceptors (Lipinski definition) is 4. The molecule has 1 fully saturated rings. The molecule has 0 aromatic carbocycles. The van der Waals surface area contributed by atoms with E-state index in [4.69, 9.17) is 15.3 Å². The van der Waals surface area contributed by atoms with Gasteiger partial charge in [0.05, 0.1) is 24.9 Å². The van der Waals surface area contributed by atoms with Crippen molar-refractivity contribution in [1.29, 1.82) is 0 Å². The summed E-state index contributed by atoms with van der Waals surface area (Å²) in [5.41, 5.74) is 0. The molecule has 10 heavy (non-hydrogen) atoms. The van der Waals surface area contributed by atoms with Crippen LogP contribution in [0.2, 0.25) is 0 Å². The Balaban J connectivity index is 0.000000810. The highest BCUT2D eigenvalue weighted by molar-refractivity contribution is 5.85. The van der Waals surface area contributed by atoms with Gasteiger partial charge in [-0.1, -0.05) is 0 Å². The van der Waals surface area contributed by atoms with Gasteiger partial charge in [-0.15, -0.1) is 12.4 Å². The zero-order valence-corrected chi connectivity index (χ0v) is 6.21. The SMILES string of the molecule is Cl.OC[C@@H]1NC[C@H](O)[C@H]1O. The maximum atomic E-state index is 8.98. The fourth-order valence-corrected chi connectivity index (χ4v) is 0.954. The van der Waals surface area contributed by atoms with Crippen molar-refractivity contribution in [3.8, 4) is 0 Å². The Hall–Kier alpha value is 0.130. The Morgan fingerprint density at radius 3 is 2.20 bits per heavy atom. The molecule has 0 amide bonds. The predicted molar refractivity (Wildman–Crippen MR) is 38.1 cm³/mol. The fourth-order valence-electron chi connectivity index (χ4n) is 0.954. The average Bonchev–Trinajstić information content (AvgIpc) is 2.15. The maximum Gasteiger partial charge on any atom is 0.0986 e. The van der Waals surface area contributed by atoms with Crippen LogP contribution in [0.15, 0.2) is 0 Å². The molecule has 1 aliphatic rings. The largest absolute Gasteiger partial charge is 0.395 e. The topological polar surface area (TPSA) is 72.7 Å². The summed E-state index contributed by atoms with van der Waals surface area (Å²) in [7, 11) is 0. The highest BCUT2D eigenvalue weighted by Gasteiger charge is 2.31. The molecular formula is C5H12ClNO3. The van der Waals surface area contributed by atoms with Gasteiger partial charge < -0.3 is 20.6 Å². The monoisotopic (exact) mass is 169 g/mol. The predicted octanol–water partition coefficient (Wildman–Crippen LogP) is -1.91. The third-order valence-corrected chi connectivity index (χ3v) is 1.59. The Morgan fingerprint density at radius 2 is 2.00 bits per heavy atom. The molecule has 1 heterocycles. The molecule has 4 N–H and O–H groups in total. The van der Waals surface area contributed by atoms with Crippen molar-refractivity contribution in [3.63, 3.8) is 0 Å². The molecule has 1 saturated heterocycles. The second-order valence-corrected chi connectivity index (χ2v) is 2.26. The summed E-state index contributed by atoms with van der Waals surface area (Å²) in [6.45, 7) is 0.241. The van der Waals surface area contributed by atoms with Crippen molar-refractivity contribution in [1.82, 2.24) is 5.32 Å². The van der Waals surface area contributed by atoms with Crippen LogP contribution >= 0.6 is 12.4 Å². The van der Waals surface area contributed by atoms with Crippen molar-refractivity contribution in [2.45, 2.75) is 18.2 Å². The molecule has 0 aromatic heterocycles. The van der Waals surface area contributed by atoms with Crippen LogP contribution in [0.5, 0.6) is 0 Å². The first-order valence-electron chi connectivity index (χ1n) is 2.96. The van der Waals surface area contributed by atoms with E-state index in [1.54, 1.807) is 0 Å². The first-order valence-corrected chi connectivity index (χ1v) is 2.96. The van der Waals surface area contributed by atoms with Crippen LogP contribution in [0.25, 0.3) is 0 Å². The van der Waals surface area contributed by atoms with E-state index >= 15 is 0 Å². The minimum absolute atomic E-state index is 0. The molecule has 3 atom stereocenters. The van der Waals surface area contributed by atoms with Gasteiger partial charge in [-0.05, 0) is 0 Å². The van der Waals surface area contributed by atoms with E-state index in [1.165, 1.54) is 0 Å². The van der Waals surface area contributed by atoms with Crippen molar-refractivity contribution in [2.24, 2.45) is 0 Å². The number of hydrogen-bond donors (Lipinski definition) is 4. The highest BCUT2D eigenvalue weighted by atomic mass is 35.5. The summed E-state index contributed by atoms with van der Waals surface area (Å²) < 4.78 is 0. The highest BCUT2D eigenvalue weighted by Crippen LogP contribution is 2.05. The van der Waals surface area contributed by atoms with E-state index in [-0.39, 0.29) is 25.1 Å². The Morgan fingerprint density at radius 1 is 1.40 bits per heavy atom. The molecule has 4 nitrogen and oxygen atoms in total. The van der Waals surface area contributed by atoms with E-state index < -0.39 is 12.2 Å². The van der Waals surface area contributed by atoms with Gasteiger partial charge in [-0.2, -0.15) is 0 Å². The molecule has 0 aromatic rings. The van der Waals surface area contributed by atoms with E-state index in [1.807, 2.05) is 0 Å². The van der Waals surface area contributed by atoms with Crippen molar-refractivity contribution in [2.75, 3.05) is 13.2 Å². The average molecular weight is 170 g/mol. The van der Waals surface area contributed by atoms with E-state index in [0.29, 0.717) is 6.54 Å². The first kappa shape index (κ1) is 10.1. The van der Waals surface area contributed by atoms with Crippen LogP contribution in [-0.4, -0.2) is 46.7 Å². The summed E-state index contributed by atoms with van der Waals surface area (Å²) in [5, 5.41) is 29.1. The zero-order chi connectivity index (χ0) is 6.85. The third-order valence-electron chi connectivity index (χ3n) is 1.59. The molecule has 0 bridgehead atoms. The van der Waals surface area contributed by atoms with Gasteiger partial charge in [-0.25, -0.2) is 0 Å². The third kappa shape index (κ3) is 1.81. The number of halogens is 1. The van der Waals surface area contributed by atoms with Crippen LogP contribution < -0.4 is 5.32 Å². The normalized spacial score (nSPS) is 39.3. The zero-order valence-electron chi connectivity index (χ0n) is 5.40. The van der Waals surface area contributed by atoms with Crippen LogP contribution in [0.1, 0.15) is 0 Å². The van der Waals surface area contributed by atoms with Gasteiger partial charge in [0.2, 0.25) is 0 Å². The molecule has 5 heteroatoms. The quantitative estimate of drug-likeness (QED) is 0.370. The number of rotatable bonds is 1. The summed E-state index contributed by atoms with van der Waals surface area (Å²) in [6.07, 6.45) is -1.53. The molecule has 0 aliphatic carbocycles. The van der Waals surface area contributed by atoms with Crippen LogP contribution in [0.3, 0.4) is 0 Å². The Bertz CT molecular complexity index is 103. The molecule has 0 unspecified atom stereocenters. The van der Waals surface area contributed by atoms with Crippen LogP contribution in [-0.2, 0) is 0 Å². The van der Waals surface area contributed by atoms with Gasteiger partial charge >= 0.3 is 0 Å². The summed E-state index contributed by atoms with van der Waals surface area (Å²) in [6, 6.07) is -0.347. The summed E-state index contributed by atoms with van der Waals surface area (Å²) in [4.78, 5) is 0. The minimum Gasteiger partial charge on any atom is -0.395 e. The standard InChI is InChI=1S/C5H11NO3.ClH/c7-2-3-5(9)4(8)1-6-3;/h3-9H,1-2H2;1H/t3-,4-,5-;/m0./s1. The molecule has 0 spiro atoms. The van der Waals surface area contributed by atoms with Gasteiger partial charge in [0.25, 0.3) is 0 Å². The Labute approximate surface area is 65.3 Å². The maximum absolute atomic E-state index is 8.98. The molecule has 1 rings (SSSR count). The lowest BCUT2D eigenvalue weighted by molar-refractivity contribution is 0.0295. The van der Waals surface area contributed by atoms with Crippen LogP contribution in [0.4, 0.5) is 0 Å². The second kappa shape index (κ2) is 4.10. The van der Waals surface area contributed by atoms with E-state index in [2.05, 4.69) is 5.32 Å². The van der Waals surface area contributed by atoms with Crippen LogP contribution in [0, 0.1) is 0 Å². The van der Waals surface area contributed by atoms with E-state index in [0.717, 1.165) is 0 Å². The molecule has 0 radical (unpaired) electrons. The summed E-state index contributed by atoms with van der Waals surface area (Å²) in [5.74, 6) is 0. The molecule has 0 saturated carbocycles. The lowest BCUT2D eigenvalue weighted by Crippen LogP contribution is -2.35. The number of nitrogens with one attached hydrogen (secondary N) is 1. The summed E-state index contributed by atoms with van der Waals surface area (Å²) >= 11 is 0. The first-order chi connectivity index (χ1) is 4.25. The van der Waals surface area contributed by atoms with Crippen molar-refractivity contribution in [3.05, 3.63) is 0 Å². The van der Waals surface area contributed by atoms with Gasteiger partial charge in [0.15, 0.2) is 0 Å². The number of β-amino-alcohol motifs (C(OH)–C–C–N with tert-alkyl or cyclic N) is 1. The van der Waals surface area contributed by atoms with Gasteiger partial charge in [0, 0.05) is 6.54 Å². The van der Waals surface area contributed by atoms with Gasteiger partial charge in [-0.3, -0.25) is 0 Å². The molecule has 1 aliphatic heterocycles.